The molecule has 72 valence electrons. The highest BCUT2D eigenvalue weighted by Gasteiger charge is 2.24. The summed E-state index contributed by atoms with van der Waals surface area (Å²) in [5.74, 6) is -0.617. The predicted octanol–water partition coefficient (Wildman–Crippen LogP) is 1.53. The van der Waals surface area contributed by atoms with Crippen LogP contribution >= 0.6 is 0 Å². The minimum absolute atomic E-state index is 0.144. The first-order valence-corrected chi connectivity index (χ1v) is 4.53. The minimum Gasteiger partial charge on any atom is -0.477 e. The summed E-state index contributed by atoms with van der Waals surface area (Å²) in [6.45, 7) is 4.06. The van der Waals surface area contributed by atoms with E-state index in [4.69, 9.17) is 5.11 Å². The van der Waals surface area contributed by atoms with Crippen molar-refractivity contribution in [1.82, 2.24) is 5.32 Å². The molecule has 3 nitrogen and oxygen atoms in total. The van der Waals surface area contributed by atoms with Gasteiger partial charge in [-0.25, -0.2) is 4.79 Å². The molecular weight excluding hydrogens is 166 g/mol. The molecule has 2 N–H and O–H groups in total. The van der Waals surface area contributed by atoms with Gasteiger partial charge < -0.3 is 10.4 Å². The number of carboxylic acids is 1. The molecule has 2 atom stereocenters. The van der Waals surface area contributed by atoms with E-state index in [0.717, 1.165) is 6.42 Å². The molecule has 1 unspecified atom stereocenters. The molecule has 1 heterocycles. The summed E-state index contributed by atoms with van der Waals surface area (Å²) in [6.07, 6.45) is 6.81. The topological polar surface area (TPSA) is 49.3 Å². The number of nitrogens with one attached hydrogen (secondary N) is 1. The van der Waals surface area contributed by atoms with Gasteiger partial charge in [-0.1, -0.05) is 26.0 Å². The number of carbonyl (C=O) groups is 1. The van der Waals surface area contributed by atoms with Gasteiger partial charge in [0.1, 0.15) is 5.70 Å². The van der Waals surface area contributed by atoms with E-state index in [1.807, 2.05) is 19.1 Å². The van der Waals surface area contributed by atoms with Crippen molar-refractivity contribution in [2.75, 3.05) is 0 Å². The zero-order valence-corrected chi connectivity index (χ0v) is 7.95. The van der Waals surface area contributed by atoms with Gasteiger partial charge >= 0.3 is 5.97 Å². The van der Waals surface area contributed by atoms with Crippen molar-refractivity contribution in [1.29, 1.82) is 0 Å². The summed E-state index contributed by atoms with van der Waals surface area (Å²) in [5.41, 5.74) is 0.318. The highest BCUT2D eigenvalue weighted by molar-refractivity contribution is 5.86. The van der Waals surface area contributed by atoms with Crippen molar-refractivity contribution in [2.45, 2.75) is 26.3 Å². The van der Waals surface area contributed by atoms with E-state index < -0.39 is 5.97 Å². The summed E-state index contributed by atoms with van der Waals surface area (Å²) < 4.78 is 0. The Bertz CT molecular complexity index is 256. The maximum absolute atomic E-state index is 10.6. The predicted molar refractivity (Wildman–Crippen MR) is 51.2 cm³/mol. The van der Waals surface area contributed by atoms with Crippen LogP contribution in [0.1, 0.15) is 20.3 Å². The number of rotatable bonds is 3. The van der Waals surface area contributed by atoms with Crippen LogP contribution in [0.4, 0.5) is 0 Å². The van der Waals surface area contributed by atoms with Gasteiger partial charge in [0, 0.05) is 5.92 Å². The van der Waals surface area contributed by atoms with Gasteiger partial charge in [0.2, 0.25) is 0 Å². The first-order valence-electron chi connectivity index (χ1n) is 4.53. The third kappa shape index (κ3) is 2.34. The van der Waals surface area contributed by atoms with Gasteiger partial charge in [0.25, 0.3) is 0 Å². The number of hydrogen-bond acceptors (Lipinski definition) is 2. The van der Waals surface area contributed by atoms with Gasteiger partial charge in [-0.3, -0.25) is 0 Å². The Morgan fingerprint density at radius 1 is 1.77 bits per heavy atom. The van der Waals surface area contributed by atoms with E-state index >= 15 is 0 Å². The Hall–Kier alpha value is -1.25. The van der Waals surface area contributed by atoms with Crippen LogP contribution in [0.15, 0.2) is 23.9 Å². The zero-order valence-electron chi connectivity index (χ0n) is 7.95. The second-order valence-corrected chi connectivity index (χ2v) is 3.25. The molecule has 0 aromatic carbocycles. The van der Waals surface area contributed by atoms with Gasteiger partial charge in [0.15, 0.2) is 0 Å². The summed E-state index contributed by atoms with van der Waals surface area (Å²) in [6, 6.07) is 0.144. The fourth-order valence-electron chi connectivity index (χ4n) is 1.36. The number of hydrogen-bond donors (Lipinski definition) is 2. The monoisotopic (exact) mass is 181 g/mol. The Morgan fingerprint density at radius 2 is 2.46 bits per heavy atom. The molecule has 1 aliphatic heterocycles. The normalized spacial score (nSPS) is 27.4. The van der Waals surface area contributed by atoms with Crippen LogP contribution in [0.3, 0.4) is 0 Å². The standard InChI is InChI=1S/C10H15NO2/c1-3-4-5-8-7(2)6-9(11-8)10(12)13/h4-8,11H,3H2,1-2H3,(H,12,13)/b5-4-/t7?,8-/m1/s1. The number of allylic oxidation sites excluding steroid dienone is 1. The molecule has 0 spiro atoms. The summed E-state index contributed by atoms with van der Waals surface area (Å²) in [4.78, 5) is 10.6. The van der Waals surface area contributed by atoms with Crippen molar-refractivity contribution < 1.29 is 9.90 Å². The number of carboxylic acid groups (broad SMARTS) is 1. The molecule has 3 heteroatoms. The van der Waals surface area contributed by atoms with Crippen LogP contribution in [0, 0.1) is 5.92 Å². The number of aliphatic carboxylic acids is 1. The smallest absolute Gasteiger partial charge is 0.351 e. The van der Waals surface area contributed by atoms with Gasteiger partial charge in [-0.15, -0.1) is 0 Å². The molecule has 1 rings (SSSR count). The van der Waals surface area contributed by atoms with Gasteiger partial charge in [-0.05, 0) is 12.5 Å². The largest absolute Gasteiger partial charge is 0.477 e. The van der Waals surface area contributed by atoms with Crippen molar-refractivity contribution in [3.8, 4) is 0 Å². The fourth-order valence-corrected chi connectivity index (χ4v) is 1.36. The molecule has 0 aliphatic carbocycles. The highest BCUT2D eigenvalue weighted by Crippen LogP contribution is 2.17. The van der Waals surface area contributed by atoms with E-state index in [2.05, 4.69) is 12.2 Å². The fraction of sp³-hybridized carbons (Fsp3) is 0.500. The second-order valence-electron chi connectivity index (χ2n) is 3.25. The van der Waals surface area contributed by atoms with Crippen molar-refractivity contribution in [2.24, 2.45) is 5.92 Å². The van der Waals surface area contributed by atoms with Crippen molar-refractivity contribution >= 4 is 5.97 Å². The first-order chi connectivity index (χ1) is 6.15. The maximum atomic E-state index is 10.6. The van der Waals surface area contributed by atoms with E-state index in [1.165, 1.54) is 0 Å². The molecule has 0 aromatic rings. The van der Waals surface area contributed by atoms with E-state index in [-0.39, 0.29) is 12.0 Å². The van der Waals surface area contributed by atoms with Crippen LogP contribution < -0.4 is 5.32 Å². The first kappa shape index (κ1) is 9.84. The molecule has 0 aromatic heterocycles. The molecule has 1 aliphatic rings. The lowest BCUT2D eigenvalue weighted by atomic mass is 10.0. The molecule has 0 fully saturated rings. The Labute approximate surface area is 78.1 Å². The quantitative estimate of drug-likeness (QED) is 0.649. The highest BCUT2D eigenvalue weighted by atomic mass is 16.4. The molecule has 13 heavy (non-hydrogen) atoms. The molecular formula is C10H15NO2. The lowest BCUT2D eigenvalue weighted by Gasteiger charge is -2.11. The zero-order chi connectivity index (χ0) is 9.84. The van der Waals surface area contributed by atoms with Crippen LogP contribution in [0.2, 0.25) is 0 Å². The second kappa shape index (κ2) is 4.12. The SMILES string of the molecule is CC/C=C\[C@H]1NC(C(=O)O)=CC1C. The minimum atomic E-state index is -0.876. The Kier molecular flexibility index (Phi) is 3.12. The van der Waals surface area contributed by atoms with E-state index in [0.29, 0.717) is 5.70 Å². The van der Waals surface area contributed by atoms with Crippen molar-refractivity contribution in [3.63, 3.8) is 0 Å². The molecule has 0 bridgehead atoms. The molecule has 0 saturated heterocycles. The third-order valence-electron chi connectivity index (χ3n) is 2.13. The summed E-state index contributed by atoms with van der Waals surface area (Å²) in [7, 11) is 0. The van der Waals surface area contributed by atoms with Crippen LogP contribution in [-0.2, 0) is 4.79 Å². The van der Waals surface area contributed by atoms with Gasteiger partial charge in [0.05, 0.1) is 6.04 Å². The average molecular weight is 181 g/mol. The Morgan fingerprint density at radius 3 is 2.92 bits per heavy atom. The van der Waals surface area contributed by atoms with Crippen LogP contribution in [-0.4, -0.2) is 17.1 Å². The molecule has 0 radical (unpaired) electrons. The third-order valence-corrected chi connectivity index (χ3v) is 2.13. The van der Waals surface area contributed by atoms with Crippen molar-refractivity contribution in [3.05, 3.63) is 23.9 Å². The average Bonchev–Trinajstić information content (AvgIpc) is 2.44. The van der Waals surface area contributed by atoms with Gasteiger partial charge in [-0.2, -0.15) is 0 Å². The summed E-state index contributed by atoms with van der Waals surface area (Å²) in [5, 5.41) is 11.7. The lowest BCUT2D eigenvalue weighted by molar-refractivity contribution is -0.133. The van der Waals surface area contributed by atoms with Crippen LogP contribution in [0.25, 0.3) is 0 Å². The van der Waals surface area contributed by atoms with Crippen LogP contribution in [0.5, 0.6) is 0 Å². The summed E-state index contributed by atoms with van der Waals surface area (Å²) >= 11 is 0. The molecule has 0 saturated carbocycles. The van der Waals surface area contributed by atoms with E-state index in [9.17, 15) is 4.79 Å². The lowest BCUT2D eigenvalue weighted by Crippen LogP contribution is -2.27. The Balaban J connectivity index is 2.59. The molecule has 0 amide bonds. The van der Waals surface area contributed by atoms with E-state index in [1.54, 1.807) is 6.08 Å². The maximum Gasteiger partial charge on any atom is 0.351 e.